The van der Waals surface area contributed by atoms with E-state index < -0.39 is 29.1 Å². The molecule has 0 nitrogen and oxygen atoms in total. The second-order valence-electron chi connectivity index (χ2n) is 4.45. The van der Waals surface area contributed by atoms with Gasteiger partial charge in [0, 0.05) is 6.42 Å². The van der Waals surface area contributed by atoms with Crippen molar-refractivity contribution in [3.05, 3.63) is 75.2 Å². The van der Waals surface area contributed by atoms with Crippen LogP contribution in [-0.2, 0) is 0 Å². The lowest BCUT2D eigenvalue weighted by Gasteiger charge is -2.18. The minimum absolute atomic E-state index is 0.109. The minimum atomic E-state index is -4.99. The SMILES string of the molecule is FC(F)(F)C1=C[CH+]C=C(C(F)(F)F)C1=C=C1C(Cl)=C[CH-]C=C1Cl. The second kappa shape index (κ2) is 6.11. The molecule has 0 spiro atoms. The fourth-order valence-electron chi connectivity index (χ4n) is 1.90. The van der Waals surface area contributed by atoms with Crippen LogP contribution in [0.3, 0.4) is 0 Å². The maximum Gasteiger partial charge on any atom is 0.468 e. The fourth-order valence-corrected chi connectivity index (χ4v) is 2.39. The first-order chi connectivity index (χ1) is 10.5. The van der Waals surface area contributed by atoms with E-state index in [0.717, 1.165) is 0 Å². The molecule has 8 heteroatoms. The quantitative estimate of drug-likeness (QED) is 0.274. The van der Waals surface area contributed by atoms with Crippen LogP contribution in [0.5, 0.6) is 0 Å². The molecule has 0 saturated heterocycles. The third-order valence-electron chi connectivity index (χ3n) is 2.89. The summed E-state index contributed by atoms with van der Waals surface area (Å²) in [6.07, 6.45) is -4.21. The lowest BCUT2D eigenvalue weighted by Crippen LogP contribution is -2.23. The minimum Gasteiger partial charge on any atom is -0.167 e. The molecule has 0 heterocycles. The molecule has 0 atom stereocenters. The van der Waals surface area contributed by atoms with Crippen molar-refractivity contribution in [2.24, 2.45) is 0 Å². The topological polar surface area (TPSA) is 0 Å². The third-order valence-corrected chi connectivity index (χ3v) is 3.52. The van der Waals surface area contributed by atoms with Gasteiger partial charge < -0.3 is 0 Å². The first-order valence-corrected chi connectivity index (χ1v) is 6.76. The van der Waals surface area contributed by atoms with Gasteiger partial charge in [0.25, 0.3) is 0 Å². The predicted molar refractivity (Wildman–Crippen MR) is 75.3 cm³/mol. The van der Waals surface area contributed by atoms with E-state index in [4.69, 9.17) is 23.2 Å². The Morgan fingerprint density at radius 2 is 1.26 bits per heavy atom. The van der Waals surface area contributed by atoms with E-state index in [2.05, 4.69) is 5.73 Å². The Bertz CT molecular complexity index is 655. The van der Waals surface area contributed by atoms with Crippen LogP contribution in [0.15, 0.2) is 62.4 Å². The van der Waals surface area contributed by atoms with Gasteiger partial charge in [-0.15, -0.1) is 0 Å². The van der Waals surface area contributed by atoms with Crippen molar-refractivity contribution < 1.29 is 26.3 Å². The van der Waals surface area contributed by atoms with E-state index in [1.54, 1.807) is 0 Å². The number of alkyl halides is 6. The summed E-state index contributed by atoms with van der Waals surface area (Å²) in [6.45, 7) is 0. The molecule has 23 heavy (non-hydrogen) atoms. The molecule has 2 aliphatic carbocycles. The standard InChI is InChI=1S/C15H6Cl2F6/c16-12-5-2-6-13(17)9(12)7-8-10(14(18,19)20)3-1-4-11(8)15(21,22)23/h1-6H. The Morgan fingerprint density at radius 3 is 1.65 bits per heavy atom. The molecule has 0 aromatic carbocycles. The molecule has 0 amide bonds. The van der Waals surface area contributed by atoms with Crippen LogP contribution in [0.1, 0.15) is 0 Å². The summed E-state index contributed by atoms with van der Waals surface area (Å²) in [5, 5.41) is -0.217. The molecular weight excluding hydrogens is 365 g/mol. The van der Waals surface area contributed by atoms with Crippen LogP contribution in [0.2, 0.25) is 0 Å². The van der Waals surface area contributed by atoms with Crippen molar-refractivity contribution >= 4 is 23.2 Å². The Balaban J connectivity index is 2.76. The van der Waals surface area contributed by atoms with Crippen LogP contribution >= 0.6 is 23.2 Å². The first kappa shape index (κ1) is 17.7. The zero-order chi connectivity index (χ0) is 17.4. The van der Waals surface area contributed by atoms with E-state index >= 15 is 0 Å². The summed E-state index contributed by atoms with van der Waals surface area (Å²) >= 11 is 11.6. The van der Waals surface area contributed by atoms with Crippen molar-refractivity contribution in [2.45, 2.75) is 12.4 Å². The highest BCUT2D eigenvalue weighted by molar-refractivity contribution is 6.38. The van der Waals surface area contributed by atoms with Gasteiger partial charge >= 0.3 is 12.4 Å². The number of allylic oxidation sites excluding steroid dienone is 9. The molecule has 2 rings (SSSR count). The predicted octanol–water partition coefficient (Wildman–Crippen LogP) is 6.10. The van der Waals surface area contributed by atoms with Crippen molar-refractivity contribution in [3.8, 4) is 0 Å². The molecule has 0 saturated carbocycles. The second-order valence-corrected chi connectivity index (χ2v) is 5.26. The molecule has 0 N–H and O–H groups in total. The summed E-state index contributed by atoms with van der Waals surface area (Å²) in [5.41, 5.74) is -2.24. The average Bonchev–Trinajstić information content (AvgIpc) is 2.40. The molecule has 0 aromatic heterocycles. The maximum absolute atomic E-state index is 13.0. The molecule has 2 aliphatic rings. The van der Waals surface area contributed by atoms with Crippen molar-refractivity contribution in [2.75, 3.05) is 0 Å². The van der Waals surface area contributed by atoms with E-state index in [1.165, 1.54) is 18.6 Å². The average molecular weight is 371 g/mol. The fraction of sp³-hybridized carbons (Fsp3) is 0.133. The number of hydrogen-bond acceptors (Lipinski definition) is 0. The molecule has 122 valence electrons. The van der Waals surface area contributed by atoms with Gasteiger partial charge in [-0.2, -0.15) is 68.1 Å². The van der Waals surface area contributed by atoms with Crippen LogP contribution in [0.4, 0.5) is 26.3 Å². The van der Waals surface area contributed by atoms with Gasteiger partial charge in [-0.05, 0) is 0 Å². The highest BCUT2D eigenvalue weighted by Crippen LogP contribution is 2.43. The number of halogens is 8. The van der Waals surface area contributed by atoms with Crippen LogP contribution < -0.4 is 0 Å². The molecular formula is C15H6Cl2F6. The molecule has 0 radical (unpaired) electrons. The van der Waals surface area contributed by atoms with Gasteiger partial charge in [-0.1, -0.05) is 21.4 Å². The Hall–Kier alpha value is -1.62. The number of hydrogen-bond donors (Lipinski definition) is 0. The first-order valence-electron chi connectivity index (χ1n) is 6.00. The third kappa shape index (κ3) is 3.83. The van der Waals surface area contributed by atoms with Crippen LogP contribution in [0.25, 0.3) is 0 Å². The molecule has 0 bridgehead atoms. The smallest absolute Gasteiger partial charge is 0.167 e. The molecule has 0 aliphatic heterocycles. The van der Waals surface area contributed by atoms with Gasteiger partial charge in [-0.3, -0.25) is 0 Å². The maximum atomic E-state index is 13.0. The van der Waals surface area contributed by atoms with Gasteiger partial charge in [0.05, 0.1) is 12.2 Å². The lowest BCUT2D eigenvalue weighted by atomic mass is 9.90. The highest BCUT2D eigenvalue weighted by Gasteiger charge is 2.52. The molecule has 0 unspecified atom stereocenters. The van der Waals surface area contributed by atoms with Gasteiger partial charge in [0.2, 0.25) is 0 Å². The Kier molecular flexibility index (Phi) is 4.71. The highest BCUT2D eigenvalue weighted by atomic mass is 35.5. The van der Waals surface area contributed by atoms with Crippen molar-refractivity contribution in [1.82, 2.24) is 0 Å². The summed E-state index contributed by atoms with van der Waals surface area (Å²) in [5.74, 6) is 0. The number of rotatable bonds is 0. The summed E-state index contributed by atoms with van der Waals surface area (Å²) in [7, 11) is 0. The van der Waals surface area contributed by atoms with E-state index in [-0.39, 0.29) is 15.6 Å². The summed E-state index contributed by atoms with van der Waals surface area (Å²) in [4.78, 5) is 0. The van der Waals surface area contributed by atoms with E-state index in [9.17, 15) is 26.3 Å². The van der Waals surface area contributed by atoms with Crippen LogP contribution in [-0.4, -0.2) is 12.4 Å². The van der Waals surface area contributed by atoms with Gasteiger partial charge in [0.1, 0.15) is 5.57 Å². The summed E-state index contributed by atoms with van der Waals surface area (Å²) in [6, 6.07) is 0. The van der Waals surface area contributed by atoms with Gasteiger partial charge in [0.15, 0.2) is 11.1 Å². The normalized spacial score (nSPS) is 19.0. The molecule has 0 aromatic rings. The largest absolute Gasteiger partial charge is 0.468 e. The Morgan fingerprint density at radius 1 is 0.826 bits per heavy atom. The zero-order valence-corrected chi connectivity index (χ0v) is 12.5. The molecule has 0 fully saturated rings. The summed E-state index contributed by atoms with van der Waals surface area (Å²) < 4.78 is 78.3. The van der Waals surface area contributed by atoms with E-state index in [1.807, 2.05) is 0 Å². The Labute approximate surface area is 137 Å². The van der Waals surface area contributed by atoms with E-state index in [0.29, 0.717) is 18.6 Å². The zero-order valence-electron chi connectivity index (χ0n) is 11.0. The monoisotopic (exact) mass is 370 g/mol. The van der Waals surface area contributed by atoms with Crippen molar-refractivity contribution in [1.29, 1.82) is 0 Å². The van der Waals surface area contributed by atoms with Crippen LogP contribution in [0, 0.1) is 12.8 Å². The van der Waals surface area contributed by atoms with Crippen molar-refractivity contribution in [3.63, 3.8) is 0 Å². The lowest BCUT2D eigenvalue weighted by molar-refractivity contribution is -0.0976. The van der Waals surface area contributed by atoms with Gasteiger partial charge in [-0.25, -0.2) is 0 Å².